The maximum absolute atomic E-state index is 13.8. The predicted molar refractivity (Wildman–Crippen MR) is 102 cm³/mol. The summed E-state index contributed by atoms with van der Waals surface area (Å²) in [6.07, 6.45) is -1.04. The molecule has 0 aliphatic heterocycles. The molecular weight excluding hydrogens is 349 g/mol. The standard InChI is InChI=1S/C21H16FNO2S/c22-16-9-3-1-7-14(16)18(24)13-25-19-11-5-2-8-15(19)21-23-17-10-4-6-12-20(17)26-21/h1-12,18,24H,13H2. The van der Waals surface area contributed by atoms with Gasteiger partial charge in [-0.25, -0.2) is 9.37 Å². The van der Waals surface area contributed by atoms with Gasteiger partial charge in [0.15, 0.2) is 0 Å². The Morgan fingerprint density at radius 1 is 0.962 bits per heavy atom. The first kappa shape index (κ1) is 16.7. The second-order valence-corrected chi connectivity index (χ2v) is 6.86. The number of thiazole rings is 1. The quantitative estimate of drug-likeness (QED) is 0.528. The van der Waals surface area contributed by atoms with Crippen LogP contribution in [0.15, 0.2) is 72.8 Å². The minimum Gasteiger partial charge on any atom is -0.490 e. The van der Waals surface area contributed by atoms with Crippen molar-refractivity contribution in [1.82, 2.24) is 4.98 Å². The van der Waals surface area contributed by atoms with Crippen molar-refractivity contribution in [3.8, 4) is 16.3 Å². The van der Waals surface area contributed by atoms with E-state index in [9.17, 15) is 9.50 Å². The van der Waals surface area contributed by atoms with E-state index in [1.54, 1.807) is 29.5 Å². The summed E-state index contributed by atoms with van der Waals surface area (Å²) in [6, 6.07) is 21.7. The predicted octanol–water partition coefficient (Wildman–Crippen LogP) is 5.21. The van der Waals surface area contributed by atoms with Crippen molar-refractivity contribution in [2.45, 2.75) is 6.10 Å². The molecule has 130 valence electrons. The molecule has 0 amide bonds. The second kappa shape index (κ2) is 7.23. The molecule has 1 unspecified atom stereocenters. The summed E-state index contributed by atoms with van der Waals surface area (Å²) < 4.78 is 20.7. The Kier molecular flexibility index (Phi) is 4.65. The van der Waals surface area contributed by atoms with E-state index >= 15 is 0 Å². The van der Waals surface area contributed by atoms with Gasteiger partial charge in [0.2, 0.25) is 0 Å². The molecule has 0 radical (unpaired) electrons. The molecule has 1 N–H and O–H groups in total. The van der Waals surface area contributed by atoms with Crippen molar-refractivity contribution in [3.63, 3.8) is 0 Å². The van der Waals surface area contributed by atoms with Crippen LogP contribution < -0.4 is 4.74 Å². The molecule has 3 aromatic carbocycles. The van der Waals surface area contributed by atoms with Gasteiger partial charge in [-0.3, -0.25) is 0 Å². The summed E-state index contributed by atoms with van der Waals surface area (Å²) >= 11 is 1.58. The van der Waals surface area contributed by atoms with Gasteiger partial charge in [0.25, 0.3) is 0 Å². The Bertz CT molecular complexity index is 1010. The third-order valence-electron chi connectivity index (χ3n) is 4.07. The van der Waals surface area contributed by atoms with Crippen LogP contribution in [0.4, 0.5) is 4.39 Å². The highest BCUT2D eigenvalue weighted by molar-refractivity contribution is 7.21. The Labute approximate surface area is 154 Å². The monoisotopic (exact) mass is 365 g/mol. The van der Waals surface area contributed by atoms with Gasteiger partial charge >= 0.3 is 0 Å². The highest BCUT2D eigenvalue weighted by atomic mass is 32.1. The van der Waals surface area contributed by atoms with E-state index in [0.717, 1.165) is 20.8 Å². The van der Waals surface area contributed by atoms with Crippen LogP contribution in [0.1, 0.15) is 11.7 Å². The Balaban J connectivity index is 1.59. The lowest BCUT2D eigenvalue weighted by Gasteiger charge is -2.15. The zero-order valence-corrected chi connectivity index (χ0v) is 14.6. The van der Waals surface area contributed by atoms with Crippen LogP contribution in [0.5, 0.6) is 5.75 Å². The van der Waals surface area contributed by atoms with E-state index in [0.29, 0.717) is 5.75 Å². The number of nitrogens with zero attached hydrogens (tertiary/aromatic N) is 1. The van der Waals surface area contributed by atoms with Crippen molar-refractivity contribution in [1.29, 1.82) is 0 Å². The first-order chi connectivity index (χ1) is 12.7. The highest BCUT2D eigenvalue weighted by Gasteiger charge is 2.15. The number of hydrogen-bond acceptors (Lipinski definition) is 4. The van der Waals surface area contributed by atoms with Crippen molar-refractivity contribution in [2.75, 3.05) is 6.61 Å². The van der Waals surface area contributed by atoms with Crippen LogP contribution in [-0.4, -0.2) is 16.7 Å². The molecule has 5 heteroatoms. The maximum Gasteiger partial charge on any atom is 0.129 e. The number of aliphatic hydroxyl groups is 1. The molecule has 1 heterocycles. The third kappa shape index (κ3) is 3.31. The summed E-state index contributed by atoms with van der Waals surface area (Å²) in [5.74, 6) is 0.171. The van der Waals surface area contributed by atoms with Gasteiger partial charge < -0.3 is 9.84 Å². The molecule has 0 fully saturated rings. The molecule has 0 spiro atoms. The lowest BCUT2D eigenvalue weighted by atomic mass is 10.1. The fraction of sp³-hybridized carbons (Fsp3) is 0.0952. The van der Waals surface area contributed by atoms with E-state index in [4.69, 9.17) is 4.74 Å². The smallest absolute Gasteiger partial charge is 0.129 e. The summed E-state index contributed by atoms with van der Waals surface area (Å²) in [5, 5.41) is 11.1. The van der Waals surface area contributed by atoms with Crippen LogP contribution in [0.25, 0.3) is 20.8 Å². The molecule has 0 aliphatic carbocycles. The molecule has 1 atom stereocenters. The normalized spacial score (nSPS) is 12.2. The fourth-order valence-corrected chi connectivity index (χ4v) is 3.76. The van der Waals surface area contributed by atoms with E-state index in [1.165, 1.54) is 6.07 Å². The van der Waals surface area contributed by atoms with Gasteiger partial charge in [0.1, 0.15) is 29.3 Å². The molecular formula is C21H16FNO2S. The fourth-order valence-electron chi connectivity index (χ4n) is 2.76. The van der Waals surface area contributed by atoms with Gasteiger partial charge in [0, 0.05) is 5.56 Å². The minimum absolute atomic E-state index is 0.0388. The van der Waals surface area contributed by atoms with Crippen LogP contribution in [-0.2, 0) is 0 Å². The SMILES string of the molecule is OC(COc1ccccc1-c1nc2ccccc2s1)c1ccccc1F. The molecule has 4 rings (SSSR count). The molecule has 0 aliphatic rings. The minimum atomic E-state index is -1.04. The molecule has 3 nitrogen and oxygen atoms in total. The third-order valence-corrected chi connectivity index (χ3v) is 5.14. The molecule has 4 aromatic rings. The lowest BCUT2D eigenvalue weighted by Crippen LogP contribution is -2.11. The highest BCUT2D eigenvalue weighted by Crippen LogP contribution is 2.36. The summed E-state index contributed by atoms with van der Waals surface area (Å²) in [4.78, 5) is 4.66. The largest absolute Gasteiger partial charge is 0.490 e. The van der Waals surface area contributed by atoms with Crippen molar-refractivity contribution in [3.05, 3.63) is 84.2 Å². The first-order valence-corrected chi connectivity index (χ1v) is 9.04. The van der Waals surface area contributed by atoms with Gasteiger partial charge in [-0.2, -0.15) is 0 Å². The Hall–Kier alpha value is -2.76. The van der Waals surface area contributed by atoms with Crippen LogP contribution in [0.2, 0.25) is 0 Å². The van der Waals surface area contributed by atoms with E-state index in [-0.39, 0.29) is 12.2 Å². The van der Waals surface area contributed by atoms with Gasteiger partial charge in [0.05, 0.1) is 15.8 Å². The zero-order chi connectivity index (χ0) is 17.9. The molecule has 0 saturated carbocycles. The molecule has 26 heavy (non-hydrogen) atoms. The van der Waals surface area contributed by atoms with Crippen molar-refractivity contribution < 1.29 is 14.2 Å². The lowest BCUT2D eigenvalue weighted by molar-refractivity contribution is 0.105. The van der Waals surface area contributed by atoms with Crippen LogP contribution in [0.3, 0.4) is 0 Å². The van der Waals surface area contributed by atoms with Crippen LogP contribution in [0, 0.1) is 5.82 Å². The molecule has 1 aromatic heterocycles. The number of benzene rings is 3. The van der Waals surface area contributed by atoms with Gasteiger partial charge in [-0.05, 0) is 30.3 Å². The first-order valence-electron chi connectivity index (χ1n) is 8.22. The summed E-state index contributed by atoms with van der Waals surface area (Å²) in [7, 11) is 0. The number of fused-ring (bicyclic) bond motifs is 1. The van der Waals surface area contributed by atoms with Crippen LogP contribution >= 0.6 is 11.3 Å². The summed E-state index contributed by atoms with van der Waals surface area (Å²) in [6.45, 7) is -0.0388. The van der Waals surface area contributed by atoms with Gasteiger partial charge in [-0.1, -0.05) is 42.5 Å². The topological polar surface area (TPSA) is 42.4 Å². The second-order valence-electron chi connectivity index (χ2n) is 5.83. The number of halogens is 1. The number of aliphatic hydroxyl groups excluding tert-OH is 1. The molecule has 0 saturated heterocycles. The maximum atomic E-state index is 13.8. The van der Waals surface area contributed by atoms with Gasteiger partial charge in [-0.15, -0.1) is 11.3 Å². The molecule has 0 bridgehead atoms. The average molecular weight is 365 g/mol. The number of aromatic nitrogens is 1. The summed E-state index contributed by atoms with van der Waals surface area (Å²) in [5.41, 5.74) is 2.02. The van der Waals surface area contributed by atoms with Crippen molar-refractivity contribution >= 4 is 21.6 Å². The average Bonchev–Trinajstić information content (AvgIpc) is 3.11. The number of para-hydroxylation sites is 2. The van der Waals surface area contributed by atoms with E-state index in [2.05, 4.69) is 4.98 Å². The number of hydrogen-bond donors (Lipinski definition) is 1. The Morgan fingerprint density at radius 2 is 1.69 bits per heavy atom. The Morgan fingerprint density at radius 3 is 2.54 bits per heavy atom. The van der Waals surface area contributed by atoms with E-state index in [1.807, 2.05) is 48.5 Å². The number of rotatable bonds is 5. The van der Waals surface area contributed by atoms with E-state index < -0.39 is 11.9 Å². The zero-order valence-electron chi connectivity index (χ0n) is 13.8. The van der Waals surface area contributed by atoms with Crippen molar-refractivity contribution in [2.24, 2.45) is 0 Å². The number of ether oxygens (including phenoxy) is 1.